The molecule has 0 spiro atoms. The van der Waals surface area contributed by atoms with E-state index in [1.165, 1.54) is 0 Å². The van der Waals surface area contributed by atoms with Crippen LogP contribution in [0.25, 0.3) is 11.3 Å². The van der Waals surface area contributed by atoms with Gasteiger partial charge in [-0.15, -0.1) is 0 Å². The van der Waals surface area contributed by atoms with Gasteiger partial charge >= 0.3 is 0 Å². The van der Waals surface area contributed by atoms with E-state index in [1.807, 2.05) is 54.8 Å². The van der Waals surface area contributed by atoms with Gasteiger partial charge in [-0.2, -0.15) is 11.3 Å². The molecule has 0 bridgehead atoms. The molecule has 1 N–H and O–H groups in total. The smallest absolute Gasteiger partial charge is 0.220 e. The molecule has 0 saturated heterocycles. The number of aryl methyl sites for hydroxylation is 1. The molecule has 0 aliphatic carbocycles. The summed E-state index contributed by atoms with van der Waals surface area (Å²) in [5.41, 5.74) is 4.10. The molecule has 1 amide bonds. The molecule has 3 rings (SSSR count). The van der Waals surface area contributed by atoms with Crippen molar-refractivity contribution < 1.29 is 9.53 Å². The van der Waals surface area contributed by atoms with Crippen LogP contribution >= 0.6 is 11.3 Å². The third kappa shape index (κ3) is 4.70. The van der Waals surface area contributed by atoms with Gasteiger partial charge in [0.1, 0.15) is 5.75 Å². The SMILES string of the molecule is CCOc1ccccc1CCC(=O)NCc1cccnc1-c1ccsc1. The molecule has 0 aliphatic rings. The second-order valence-corrected chi connectivity index (χ2v) is 6.62. The molecule has 0 aliphatic heterocycles. The van der Waals surface area contributed by atoms with Crippen molar-refractivity contribution in [2.24, 2.45) is 0 Å². The second kappa shape index (κ2) is 9.15. The summed E-state index contributed by atoms with van der Waals surface area (Å²) in [6.07, 6.45) is 2.87. The average molecular weight is 366 g/mol. The van der Waals surface area contributed by atoms with Crippen LogP contribution in [0.1, 0.15) is 24.5 Å². The third-order valence-electron chi connectivity index (χ3n) is 4.06. The molecule has 0 radical (unpaired) electrons. The van der Waals surface area contributed by atoms with Gasteiger partial charge in [-0.3, -0.25) is 9.78 Å². The van der Waals surface area contributed by atoms with Crippen molar-refractivity contribution in [2.45, 2.75) is 26.3 Å². The average Bonchev–Trinajstić information content (AvgIpc) is 3.21. The van der Waals surface area contributed by atoms with Gasteiger partial charge in [0.2, 0.25) is 5.91 Å². The maximum atomic E-state index is 12.3. The lowest BCUT2D eigenvalue weighted by atomic mass is 10.1. The first kappa shape index (κ1) is 18.1. The third-order valence-corrected chi connectivity index (χ3v) is 4.74. The number of aromatic nitrogens is 1. The lowest BCUT2D eigenvalue weighted by molar-refractivity contribution is -0.121. The molecule has 1 aromatic carbocycles. The van der Waals surface area contributed by atoms with Crippen LogP contribution in [0.5, 0.6) is 5.75 Å². The fourth-order valence-electron chi connectivity index (χ4n) is 2.78. The largest absolute Gasteiger partial charge is 0.494 e. The lowest BCUT2D eigenvalue weighted by Crippen LogP contribution is -2.23. The second-order valence-electron chi connectivity index (χ2n) is 5.84. The molecule has 4 nitrogen and oxygen atoms in total. The zero-order chi connectivity index (χ0) is 18.2. The van der Waals surface area contributed by atoms with Crippen LogP contribution < -0.4 is 10.1 Å². The first-order chi connectivity index (χ1) is 12.8. The Balaban J connectivity index is 1.57. The highest BCUT2D eigenvalue weighted by Crippen LogP contribution is 2.23. The minimum Gasteiger partial charge on any atom is -0.494 e. The predicted molar refractivity (Wildman–Crippen MR) is 105 cm³/mol. The van der Waals surface area contributed by atoms with Crippen LogP contribution in [0.15, 0.2) is 59.4 Å². The maximum absolute atomic E-state index is 12.3. The van der Waals surface area contributed by atoms with Crippen LogP contribution in [0.2, 0.25) is 0 Å². The molecule has 0 saturated carbocycles. The Morgan fingerprint density at radius 2 is 2.00 bits per heavy atom. The van der Waals surface area contributed by atoms with E-state index in [1.54, 1.807) is 17.5 Å². The summed E-state index contributed by atoms with van der Waals surface area (Å²) in [6, 6.07) is 13.8. The number of nitrogens with one attached hydrogen (secondary N) is 1. The molecule has 134 valence electrons. The summed E-state index contributed by atoms with van der Waals surface area (Å²) in [5, 5.41) is 7.10. The Bertz CT molecular complexity index is 847. The highest BCUT2D eigenvalue weighted by Gasteiger charge is 2.10. The van der Waals surface area contributed by atoms with Crippen LogP contribution in [0.3, 0.4) is 0 Å². The lowest BCUT2D eigenvalue weighted by Gasteiger charge is -2.11. The van der Waals surface area contributed by atoms with Gasteiger partial charge in [0.05, 0.1) is 12.3 Å². The zero-order valence-electron chi connectivity index (χ0n) is 14.8. The summed E-state index contributed by atoms with van der Waals surface area (Å²) in [4.78, 5) is 16.7. The van der Waals surface area contributed by atoms with Crippen molar-refractivity contribution in [1.29, 1.82) is 0 Å². The zero-order valence-corrected chi connectivity index (χ0v) is 15.6. The maximum Gasteiger partial charge on any atom is 0.220 e. The topological polar surface area (TPSA) is 51.2 Å². The van der Waals surface area contributed by atoms with Gasteiger partial charge in [-0.25, -0.2) is 0 Å². The Kier molecular flexibility index (Phi) is 6.39. The summed E-state index contributed by atoms with van der Waals surface area (Å²) < 4.78 is 5.62. The van der Waals surface area contributed by atoms with Crippen molar-refractivity contribution in [1.82, 2.24) is 10.3 Å². The van der Waals surface area contributed by atoms with E-state index in [-0.39, 0.29) is 5.91 Å². The van der Waals surface area contributed by atoms with Crippen molar-refractivity contribution in [3.8, 4) is 17.0 Å². The first-order valence-electron chi connectivity index (χ1n) is 8.71. The van der Waals surface area contributed by atoms with Crippen molar-refractivity contribution in [2.75, 3.05) is 6.61 Å². The van der Waals surface area contributed by atoms with Crippen molar-refractivity contribution >= 4 is 17.2 Å². The van der Waals surface area contributed by atoms with E-state index in [0.29, 0.717) is 26.0 Å². The van der Waals surface area contributed by atoms with Gasteiger partial charge in [0.25, 0.3) is 0 Å². The number of para-hydroxylation sites is 1. The normalized spacial score (nSPS) is 10.5. The van der Waals surface area contributed by atoms with Gasteiger partial charge in [-0.1, -0.05) is 24.3 Å². The van der Waals surface area contributed by atoms with Crippen LogP contribution in [-0.2, 0) is 17.8 Å². The van der Waals surface area contributed by atoms with Crippen LogP contribution in [0.4, 0.5) is 0 Å². The molecule has 0 atom stereocenters. The molecule has 0 unspecified atom stereocenters. The standard InChI is InChI=1S/C21H22N2O2S/c1-2-25-19-8-4-3-6-16(19)9-10-20(24)23-14-17-7-5-12-22-21(17)18-11-13-26-15-18/h3-8,11-13,15H,2,9-10,14H2,1H3,(H,23,24). The first-order valence-corrected chi connectivity index (χ1v) is 9.66. The van der Waals surface area contributed by atoms with Crippen LogP contribution in [-0.4, -0.2) is 17.5 Å². The Hall–Kier alpha value is -2.66. The number of hydrogen-bond acceptors (Lipinski definition) is 4. The van der Waals surface area contributed by atoms with Gasteiger partial charge in [0.15, 0.2) is 0 Å². The summed E-state index contributed by atoms with van der Waals surface area (Å²) in [7, 11) is 0. The highest BCUT2D eigenvalue weighted by atomic mass is 32.1. The molecule has 0 fully saturated rings. The molecule has 5 heteroatoms. The predicted octanol–water partition coefficient (Wildman–Crippen LogP) is 4.46. The van der Waals surface area contributed by atoms with E-state index >= 15 is 0 Å². The monoisotopic (exact) mass is 366 g/mol. The quantitative estimate of drug-likeness (QED) is 0.640. The molecule has 26 heavy (non-hydrogen) atoms. The number of carbonyl (C=O) groups excluding carboxylic acids is 1. The number of thiophene rings is 1. The molecule has 2 heterocycles. The minimum atomic E-state index is 0.0245. The van der Waals surface area contributed by atoms with E-state index in [2.05, 4.69) is 15.7 Å². The van der Waals surface area contributed by atoms with E-state index in [4.69, 9.17) is 4.74 Å². The number of nitrogens with zero attached hydrogens (tertiary/aromatic N) is 1. The summed E-state index contributed by atoms with van der Waals surface area (Å²) >= 11 is 1.64. The Morgan fingerprint density at radius 1 is 1.15 bits per heavy atom. The number of benzene rings is 1. The van der Waals surface area contributed by atoms with E-state index in [9.17, 15) is 4.79 Å². The van der Waals surface area contributed by atoms with Gasteiger partial charge in [0, 0.05) is 30.1 Å². The van der Waals surface area contributed by atoms with E-state index in [0.717, 1.165) is 28.1 Å². The Morgan fingerprint density at radius 3 is 2.81 bits per heavy atom. The number of ether oxygens (including phenoxy) is 1. The number of amides is 1. The molecule has 3 aromatic rings. The van der Waals surface area contributed by atoms with Gasteiger partial charge < -0.3 is 10.1 Å². The number of rotatable bonds is 8. The summed E-state index contributed by atoms with van der Waals surface area (Å²) in [6.45, 7) is 3.06. The fourth-order valence-corrected chi connectivity index (χ4v) is 3.42. The summed E-state index contributed by atoms with van der Waals surface area (Å²) in [5.74, 6) is 0.881. The van der Waals surface area contributed by atoms with Crippen LogP contribution in [0, 0.1) is 0 Å². The fraction of sp³-hybridized carbons (Fsp3) is 0.238. The molecule has 2 aromatic heterocycles. The van der Waals surface area contributed by atoms with Crippen molar-refractivity contribution in [3.63, 3.8) is 0 Å². The van der Waals surface area contributed by atoms with Crippen molar-refractivity contribution in [3.05, 3.63) is 70.5 Å². The number of hydrogen-bond donors (Lipinski definition) is 1. The number of pyridine rings is 1. The van der Waals surface area contributed by atoms with Gasteiger partial charge in [-0.05, 0) is 48.1 Å². The molecular weight excluding hydrogens is 344 g/mol. The van der Waals surface area contributed by atoms with E-state index < -0.39 is 0 Å². The number of carbonyl (C=O) groups is 1. The minimum absolute atomic E-state index is 0.0245. The highest BCUT2D eigenvalue weighted by molar-refractivity contribution is 7.08. The molecular formula is C21H22N2O2S. The Labute approximate surface area is 157 Å².